The summed E-state index contributed by atoms with van der Waals surface area (Å²) in [5.41, 5.74) is 0. The van der Waals surface area contributed by atoms with Crippen LogP contribution in [0.25, 0.3) is 0 Å². The Bertz CT molecular complexity index is 277. The average molecular weight is 256 g/mol. The SMILES string of the molecule is C=CC[C@H](O)C[C@@H]1CC[C@H]([C@H](CC)C(=O)OC)O1. The molecule has 0 aromatic heterocycles. The maximum Gasteiger partial charge on any atom is 0.311 e. The second-order valence-electron chi connectivity index (χ2n) is 4.83. The fourth-order valence-corrected chi connectivity index (χ4v) is 2.53. The zero-order valence-electron chi connectivity index (χ0n) is 11.3. The van der Waals surface area contributed by atoms with Gasteiger partial charge in [0.25, 0.3) is 0 Å². The van der Waals surface area contributed by atoms with Crippen molar-refractivity contribution >= 4 is 5.97 Å². The third-order valence-electron chi connectivity index (χ3n) is 3.51. The Hall–Kier alpha value is -0.870. The molecule has 0 aromatic carbocycles. The lowest BCUT2D eigenvalue weighted by atomic mass is 9.97. The van der Waals surface area contributed by atoms with Gasteiger partial charge < -0.3 is 14.6 Å². The number of hydrogen-bond donors (Lipinski definition) is 1. The monoisotopic (exact) mass is 256 g/mol. The molecule has 0 amide bonds. The quantitative estimate of drug-likeness (QED) is 0.559. The molecule has 1 heterocycles. The summed E-state index contributed by atoms with van der Waals surface area (Å²) in [4.78, 5) is 11.6. The summed E-state index contributed by atoms with van der Waals surface area (Å²) in [6, 6.07) is 0. The van der Waals surface area contributed by atoms with E-state index in [4.69, 9.17) is 9.47 Å². The summed E-state index contributed by atoms with van der Waals surface area (Å²) in [7, 11) is 1.41. The van der Waals surface area contributed by atoms with E-state index in [1.165, 1.54) is 7.11 Å². The molecule has 1 fully saturated rings. The lowest BCUT2D eigenvalue weighted by Gasteiger charge is -2.21. The maximum atomic E-state index is 11.6. The van der Waals surface area contributed by atoms with Crippen molar-refractivity contribution in [1.82, 2.24) is 0 Å². The molecule has 0 bridgehead atoms. The van der Waals surface area contributed by atoms with Gasteiger partial charge in [-0.25, -0.2) is 0 Å². The molecule has 104 valence electrons. The van der Waals surface area contributed by atoms with Crippen molar-refractivity contribution in [3.05, 3.63) is 12.7 Å². The standard InChI is InChI=1S/C14H24O4/c1-4-6-10(15)9-11-7-8-13(18-11)12(5-2)14(16)17-3/h4,10-13,15H,1,5-9H2,2-3H3/t10-,11-,12-,13+/m0/s1. The van der Waals surface area contributed by atoms with Gasteiger partial charge in [0.2, 0.25) is 0 Å². The molecule has 0 aromatic rings. The minimum atomic E-state index is -0.399. The zero-order valence-corrected chi connectivity index (χ0v) is 11.3. The third kappa shape index (κ3) is 4.10. The first kappa shape index (κ1) is 15.2. The van der Waals surface area contributed by atoms with E-state index in [2.05, 4.69) is 6.58 Å². The van der Waals surface area contributed by atoms with E-state index in [1.54, 1.807) is 6.08 Å². The molecule has 1 saturated heterocycles. The van der Waals surface area contributed by atoms with Crippen LogP contribution in [0.1, 0.15) is 39.0 Å². The fourth-order valence-electron chi connectivity index (χ4n) is 2.53. The van der Waals surface area contributed by atoms with Crippen LogP contribution in [0.3, 0.4) is 0 Å². The van der Waals surface area contributed by atoms with Crippen molar-refractivity contribution < 1.29 is 19.4 Å². The van der Waals surface area contributed by atoms with E-state index in [9.17, 15) is 9.90 Å². The van der Waals surface area contributed by atoms with Crippen LogP contribution in [0.2, 0.25) is 0 Å². The second kappa shape index (κ2) is 7.54. The topological polar surface area (TPSA) is 55.8 Å². The van der Waals surface area contributed by atoms with Gasteiger partial charge in [-0.15, -0.1) is 6.58 Å². The first-order chi connectivity index (χ1) is 8.62. The Kier molecular flexibility index (Phi) is 6.36. The highest BCUT2D eigenvalue weighted by molar-refractivity contribution is 5.72. The van der Waals surface area contributed by atoms with E-state index >= 15 is 0 Å². The Morgan fingerprint density at radius 3 is 2.89 bits per heavy atom. The first-order valence-electron chi connectivity index (χ1n) is 6.64. The summed E-state index contributed by atoms with van der Waals surface area (Å²) in [5, 5.41) is 9.70. The molecule has 4 nitrogen and oxygen atoms in total. The molecule has 1 N–H and O–H groups in total. The molecule has 1 aliphatic rings. The Morgan fingerprint density at radius 2 is 2.33 bits per heavy atom. The van der Waals surface area contributed by atoms with E-state index in [-0.39, 0.29) is 24.1 Å². The molecule has 0 aliphatic carbocycles. The smallest absolute Gasteiger partial charge is 0.311 e. The van der Waals surface area contributed by atoms with Gasteiger partial charge in [-0.05, 0) is 32.1 Å². The number of methoxy groups -OCH3 is 1. The van der Waals surface area contributed by atoms with Gasteiger partial charge in [0.05, 0.1) is 31.3 Å². The van der Waals surface area contributed by atoms with Crippen molar-refractivity contribution in [2.24, 2.45) is 5.92 Å². The Balaban J connectivity index is 2.44. The summed E-state index contributed by atoms with van der Waals surface area (Å²) in [6.45, 7) is 5.57. The van der Waals surface area contributed by atoms with E-state index in [0.717, 1.165) is 19.3 Å². The van der Waals surface area contributed by atoms with E-state index < -0.39 is 6.10 Å². The number of rotatable bonds is 7. The number of hydrogen-bond acceptors (Lipinski definition) is 4. The highest BCUT2D eigenvalue weighted by atomic mass is 16.5. The average Bonchev–Trinajstić information content (AvgIpc) is 2.78. The molecule has 0 spiro atoms. The largest absolute Gasteiger partial charge is 0.469 e. The summed E-state index contributed by atoms with van der Waals surface area (Å²) >= 11 is 0. The van der Waals surface area contributed by atoms with Crippen molar-refractivity contribution in [1.29, 1.82) is 0 Å². The summed E-state index contributed by atoms with van der Waals surface area (Å²) in [6.07, 6.45) is 4.96. The van der Waals surface area contributed by atoms with Gasteiger partial charge in [0, 0.05) is 0 Å². The van der Waals surface area contributed by atoms with Gasteiger partial charge in [0.15, 0.2) is 0 Å². The van der Waals surface area contributed by atoms with Crippen molar-refractivity contribution in [2.45, 2.75) is 57.3 Å². The Labute approximate surface area is 109 Å². The van der Waals surface area contributed by atoms with Gasteiger partial charge in [-0.2, -0.15) is 0 Å². The van der Waals surface area contributed by atoms with E-state index in [1.807, 2.05) is 6.92 Å². The molecule has 1 aliphatic heterocycles. The number of aliphatic hydroxyl groups excluding tert-OH is 1. The number of aliphatic hydroxyl groups is 1. The molecule has 4 atom stereocenters. The molecular weight excluding hydrogens is 232 g/mol. The second-order valence-corrected chi connectivity index (χ2v) is 4.83. The lowest BCUT2D eigenvalue weighted by molar-refractivity contribution is -0.151. The van der Waals surface area contributed by atoms with Crippen molar-refractivity contribution in [3.8, 4) is 0 Å². The van der Waals surface area contributed by atoms with Crippen LogP contribution in [-0.4, -0.2) is 36.5 Å². The van der Waals surface area contributed by atoms with Gasteiger partial charge in [-0.3, -0.25) is 4.79 Å². The third-order valence-corrected chi connectivity index (χ3v) is 3.51. The highest BCUT2D eigenvalue weighted by Crippen LogP contribution is 2.30. The van der Waals surface area contributed by atoms with Crippen LogP contribution in [0.5, 0.6) is 0 Å². The summed E-state index contributed by atoms with van der Waals surface area (Å²) in [5.74, 6) is -0.383. The Morgan fingerprint density at radius 1 is 1.61 bits per heavy atom. The minimum absolute atomic E-state index is 0.0451. The predicted molar refractivity (Wildman–Crippen MR) is 69.1 cm³/mol. The van der Waals surface area contributed by atoms with Crippen molar-refractivity contribution in [3.63, 3.8) is 0 Å². The molecule has 18 heavy (non-hydrogen) atoms. The molecular formula is C14H24O4. The fraction of sp³-hybridized carbons (Fsp3) is 0.786. The lowest BCUT2D eigenvalue weighted by Crippen LogP contribution is -2.29. The molecule has 0 radical (unpaired) electrons. The van der Waals surface area contributed by atoms with Crippen LogP contribution in [0.15, 0.2) is 12.7 Å². The van der Waals surface area contributed by atoms with Crippen LogP contribution in [0, 0.1) is 5.92 Å². The zero-order chi connectivity index (χ0) is 13.5. The molecule has 0 unspecified atom stereocenters. The normalized spacial score (nSPS) is 26.6. The number of carbonyl (C=O) groups is 1. The molecule has 1 rings (SSSR count). The predicted octanol–water partition coefficient (Wildman–Crippen LogP) is 2.06. The highest BCUT2D eigenvalue weighted by Gasteiger charge is 2.35. The van der Waals surface area contributed by atoms with Gasteiger partial charge in [-0.1, -0.05) is 13.0 Å². The van der Waals surface area contributed by atoms with E-state index in [0.29, 0.717) is 12.8 Å². The minimum Gasteiger partial charge on any atom is -0.469 e. The first-order valence-corrected chi connectivity index (χ1v) is 6.64. The molecule has 4 heteroatoms. The van der Waals surface area contributed by atoms with Crippen LogP contribution < -0.4 is 0 Å². The van der Waals surface area contributed by atoms with Crippen LogP contribution >= 0.6 is 0 Å². The maximum absolute atomic E-state index is 11.6. The van der Waals surface area contributed by atoms with Crippen LogP contribution in [-0.2, 0) is 14.3 Å². The van der Waals surface area contributed by atoms with Crippen LogP contribution in [0.4, 0.5) is 0 Å². The number of esters is 1. The van der Waals surface area contributed by atoms with Gasteiger partial charge in [0.1, 0.15) is 0 Å². The number of carbonyl (C=O) groups excluding carboxylic acids is 1. The number of ether oxygens (including phenoxy) is 2. The van der Waals surface area contributed by atoms with Crippen molar-refractivity contribution in [2.75, 3.05) is 7.11 Å². The molecule has 0 saturated carbocycles. The summed E-state index contributed by atoms with van der Waals surface area (Å²) < 4.78 is 10.6. The van der Waals surface area contributed by atoms with Gasteiger partial charge >= 0.3 is 5.97 Å².